The average Bonchev–Trinajstić information content (AvgIpc) is 2.45. The Balaban J connectivity index is 2.33. The van der Waals surface area contributed by atoms with Crippen molar-refractivity contribution in [3.63, 3.8) is 0 Å². The van der Waals surface area contributed by atoms with E-state index in [9.17, 15) is 23.1 Å². The summed E-state index contributed by atoms with van der Waals surface area (Å²) in [6.07, 6.45) is -2.87. The van der Waals surface area contributed by atoms with E-state index < -0.39 is 17.8 Å². The van der Waals surface area contributed by atoms with Crippen molar-refractivity contribution in [2.45, 2.75) is 12.7 Å². The van der Waals surface area contributed by atoms with Gasteiger partial charge in [-0.15, -0.1) is 0 Å². The minimum atomic E-state index is -4.52. The fraction of sp³-hybridized carbons (Fsp3) is 0.143. The molecule has 7 heteroatoms. The first kappa shape index (κ1) is 14.8. The van der Waals surface area contributed by atoms with Gasteiger partial charge in [0.15, 0.2) is 0 Å². The van der Waals surface area contributed by atoms with Crippen molar-refractivity contribution >= 4 is 11.8 Å². The molecule has 0 atom stereocenters. The van der Waals surface area contributed by atoms with Crippen LogP contribution in [0.4, 0.5) is 23.7 Å². The summed E-state index contributed by atoms with van der Waals surface area (Å²) in [4.78, 5) is 15.9. The number of alkyl halides is 3. The Morgan fingerprint density at radius 3 is 2.43 bits per heavy atom. The van der Waals surface area contributed by atoms with Crippen LogP contribution in [0.25, 0.3) is 0 Å². The number of carbonyl (C=O) groups is 1. The summed E-state index contributed by atoms with van der Waals surface area (Å²) in [5.74, 6) is 0. The summed E-state index contributed by atoms with van der Waals surface area (Å²) < 4.78 is 38.1. The SMILES string of the molecule is O=C(O)N(Cc1ccncc1)c1cccc(C(F)(F)F)c1. The number of halogens is 3. The van der Waals surface area contributed by atoms with Gasteiger partial charge in [0.05, 0.1) is 12.1 Å². The fourth-order valence-corrected chi connectivity index (χ4v) is 1.79. The van der Waals surface area contributed by atoms with Gasteiger partial charge in [0.1, 0.15) is 0 Å². The van der Waals surface area contributed by atoms with Gasteiger partial charge >= 0.3 is 12.3 Å². The van der Waals surface area contributed by atoms with Crippen molar-refractivity contribution < 1.29 is 23.1 Å². The molecule has 1 N–H and O–H groups in total. The molecule has 0 bridgehead atoms. The summed E-state index contributed by atoms with van der Waals surface area (Å²) in [5.41, 5.74) is -0.292. The van der Waals surface area contributed by atoms with Crippen molar-refractivity contribution in [2.24, 2.45) is 0 Å². The molecule has 0 aliphatic rings. The lowest BCUT2D eigenvalue weighted by atomic mass is 10.1. The number of aromatic nitrogens is 1. The maximum absolute atomic E-state index is 12.7. The van der Waals surface area contributed by atoms with Crippen molar-refractivity contribution in [2.75, 3.05) is 4.90 Å². The Morgan fingerprint density at radius 1 is 1.19 bits per heavy atom. The molecule has 1 amide bonds. The first-order valence-corrected chi connectivity index (χ1v) is 5.94. The molecule has 0 aliphatic heterocycles. The zero-order chi connectivity index (χ0) is 15.5. The molecule has 1 aromatic heterocycles. The molecule has 0 aliphatic carbocycles. The normalized spacial score (nSPS) is 11.2. The molecule has 0 saturated heterocycles. The van der Waals surface area contributed by atoms with E-state index in [4.69, 9.17) is 0 Å². The van der Waals surface area contributed by atoms with Crippen LogP contribution in [-0.4, -0.2) is 16.2 Å². The Labute approximate surface area is 118 Å². The number of hydrogen-bond donors (Lipinski definition) is 1. The molecule has 110 valence electrons. The third kappa shape index (κ3) is 3.71. The first-order valence-electron chi connectivity index (χ1n) is 5.94. The molecular formula is C14H11F3N2O2. The molecular weight excluding hydrogens is 285 g/mol. The zero-order valence-corrected chi connectivity index (χ0v) is 10.7. The molecule has 4 nitrogen and oxygen atoms in total. The second kappa shape index (κ2) is 5.82. The van der Waals surface area contributed by atoms with Gasteiger partial charge in [0.2, 0.25) is 0 Å². The molecule has 0 radical (unpaired) electrons. The van der Waals surface area contributed by atoms with E-state index in [1.54, 1.807) is 12.1 Å². The van der Waals surface area contributed by atoms with Crippen LogP contribution in [0.15, 0.2) is 48.8 Å². The van der Waals surface area contributed by atoms with Gasteiger partial charge in [0, 0.05) is 18.1 Å². The minimum absolute atomic E-state index is 0.0332. The minimum Gasteiger partial charge on any atom is -0.465 e. The van der Waals surface area contributed by atoms with Crippen LogP contribution in [0, 0.1) is 0 Å². The molecule has 2 rings (SSSR count). The summed E-state index contributed by atoms with van der Waals surface area (Å²) in [6.45, 7) is -0.0564. The van der Waals surface area contributed by atoms with Crippen LogP contribution in [-0.2, 0) is 12.7 Å². The Hall–Kier alpha value is -2.57. The van der Waals surface area contributed by atoms with E-state index in [1.165, 1.54) is 24.5 Å². The number of carboxylic acid groups (broad SMARTS) is 1. The second-order valence-electron chi connectivity index (χ2n) is 4.27. The summed E-state index contributed by atoms with van der Waals surface area (Å²) >= 11 is 0. The standard InChI is InChI=1S/C14H11F3N2O2/c15-14(16,17)11-2-1-3-12(8-11)19(13(20)21)9-10-4-6-18-7-5-10/h1-8H,9H2,(H,20,21). The predicted octanol–water partition coefficient (Wildman–Crippen LogP) is 3.79. The van der Waals surface area contributed by atoms with E-state index in [2.05, 4.69) is 4.98 Å². The van der Waals surface area contributed by atoms with E-state index >= 15 is 0 Å². The number of amides is 1. The summed E-state index contributed by atoms with van der Waals surface area (Å²) in [6, 6.07) is 7.42. The largest absolute Gasteiger partial charge is 0.465 e. The Kier molecular flexibility index (Phi) is 4.11. The summed E-state index contributed by atoms with van der Waals surface area (Å²) in [7, 11) is 0. The van der Waals surface area contributed by atoms with Gasteiger partial charge in [-0.1, -0.05) is 6.07 Å². The molecule has 0 spiro atoms. The van der Waals surface area contributed by atoms with Crippen LogP contribution in [0.3, 0.4) is 0 Å². The monoisotopic (exact) mass is 296 g/mol. The number of pyridine rings is 1. The topological polar surface area (TPSA) is 53.4 Å². The molecule has 21 heavy (non-hydrogen) atoms. The van der Waals surface area contributed by atoms with Crippen LogP contribution in [0.2, 0.25) is 0 Å². The van der Waals surface area contributed by atoms with Gasteiger partial charge < -0.3 is 5.11 Å². The fourth-order valence-electron chi connectivity index (χ4n) is 1.79. The van der Waals surface area contributed by atoms with Crippen molar-refractivity contribution in [1.82, 2.24) is 4.98 Å². The third-order valence-electron chi connectivity index (χ3n) is 2.81. The maximum Gasteiger partial charge on any atom is 0.416 e. The van der Waals surface area contributed by atoms with Crippen molar-refractivity contribution in [1.29, 1.82) is 0 Å². The quantitative estimate of drug-likeness (QED) is 0.937. The van der Waals surface area contributed by atoms with Crippen molar-refractivity contribution in [3.05, 3.63) is 59.9 Å². The number of anilines is 1. The van der Waals surface area contributed by atoms with Crippen LogP contribution >= 0.6 is 0 Å². The lowest BCUT2D eigenvalue weighted by Gasteiger charge is -2.20. The molecule has 0 fully saturated rings. The number of nitrogens with zero attached hydrogens (tertiary/aromatic N) is 2. The predicted molar refractivity (Wildman–Crippen MR) is 69.9 cm³/mol. The van der Waals surface area contributed by atoms with Gasteiger partial charge in [-0.25, -0.2) is 4.79 Å². The smallest absolute Gasteiger partial charge is 0.416 e. The average molecular weight is 296 g/mol. The first-order chi connectivity index (χ1) is 9.88. The van der Waals surface area contributed by atoms with Crippen molar-refractivity contribution in [3.8, 4) is 0 Å². The van der Waals surface area contributed by atoms with Gasteiger partial charge in [-0.05, 0) is 35.9 Å². The number of rotatable bonds is 3. The van der Waals surface area contributed by atoms with E-state index in [0.29, 0.717) is 5.56 Å². The zero-order valence-electron chi connectivity index (χ0n) is 10.7. The van der Waals surface area contributed by atoms with Gasteiger partial charge in [-0.2, -0.15) is 13.2 Å². The maximum atomic E-state index is 12.7. The highest BCUT2D eigenvalue weighted by molar-refractivity contribution is 5.86. The van der Waals surface area contributed by atoms with E-state index in [-0.39, 0.29) is 12.2 Å². The highest BCUT2D eigenvalue weighted by Crippen LogP contribution is 2.32. The number of hydrogen-bond acceptors (Lipinski definition) is 2. The lowest BCUT2D eigenvalue weighted by molar-refractivity contribution is -0.137. The Morgan fingerprint density at radius 2 is 1.86 bits per heavy atom. The van der Waals surface area contributed by atoms with Gasteiger partial charge in [0.25, 0.3) is 0 Å². The molecule has 0 saturated carbocycles. The molecule has 0 unspecified atom stereocenters. The second-order valence-corrected chi connectivity index (χ2v) is 4.27. The Bertz CT molecular complexity index is 630. The third-order valence-corrected chi connectivity index (χ3v) is 2.81. The van der Waals surface area contributed by atoms with Crippen LogP contribution < -0.4 is 4.90 Å². The molecule has 1 heterocycles. The molecule has 1 aromatic carbocycles. The van der Waals surface area contributed by atoms with Crippen LogP contribution in [0.5, 0.6) is 0 Å². The highest BCUT2D eigenvalue weighted by atomic mass is 19.4. The summed E-state index contributed by atoms with van der Waals surface area (Å²) in [5, 5.41) is 9.21. The van der Waals surface area contributed by atoms with E-state index in [0.717, 1.165) is 17.0 Å². The van der Waals surface area contributed by atoms with E-state index in [1.807, 2.05) is 0 Å². The lowest BCUT2D eigenvalue weighted by Crippen LogP contribution is -2.28. The molecule has 2 aromatic rings. The number of benzene rings is 1. The van der Waals surface area contributed by atoms with Crippen LogP contribution in [0.1, 0.15) is 11.1 Å². The van der Waals surface area contributed by atoms with Gasteiger partial charge in [-0.3, -0.25) is 9.88 Å². The highest BCUT2D eigenvalue weighted by Gasteiger charge is 2.31.